The topological polar surface area (TPSA) is 119 Å². The molecule has 0 aliphatic carbocycles. The highest BCUT2D eigenvalue weighted by molar-refractivity contribution is 7.89. The molecule has 8 nitrogen and oxygen atoms in total. The van der Waals surface area contributed by atoms with Crippen molar-refractivity contribution >= 4 is 27.5 Å². The predicted octanol–water partition coefficient (Wildman–Crippen LogP) is 1.36. The van der Waals surface area contributed by atoms with Gasteiger partial charge in [0.1, 0.15) is 5.75 Å². The first-order valence-electron chi connectivity index (χ1n) is 7.97. The molecule has 3 N–H and O–H groups in total. The van der Waals surface area contributed by atoms with E-state index in [0.29, 0.717) is 11.3 Å². The van der Waals surface area contributed by atoms with E-state index in [1.54, 1.807) is 25.1 Å². The van der Waals surface area contributed by atoms with Crippen molar-refractivity contribution in [2.75, 3.05) is 26.0 Å². The SMILES string of the molecule is Cc1ccc(S(=O)(=O)N(C)C)cc1NC(=O)c1ccccc1OCC(N)=O. The average molecular weight is 391 g/mol. The second-order valence-electron chi connectivity index (χ2n) is 5.97. The Bertz CT molecular complexity index is 971. The van der Waals surface area contributed by atoms with Gasteiger partial charge in [-0.15, -0.1) is 0 Å². The van der Waals surface area contributed by atoms with E-state index in [2.05, 4.69) is 5.32 Å². The van der Waals surface area contributed by atoms with Gasteiger partial charge >= 0.3 is 0 Å². The molecule has 0 bridgehead atoms. The number of hydrogen-bond acceptors (Lipinski definition) is 5. The van der Waals surface area contributed by atoms with Crippen molar-refractivity contribution in [3.05, 3.63) is 53.6 Å². The van der Waals surface area contributed by atoms with E-state index in [1.807, 2.05) is 0 Å². The van der Waals surface area contributed by atoms with Crippen molar-refractivity contribution in [2.45, 2.75) is 11.8 Å². The van der Waals surface area contributed by atoms with E-state index < -0.39 is 21.8 Å². The molecule has 9 heteroatoms. The molecule has 0 atom stereocenters. The monoisotopic (exact) mass is 391 g/mol. The Morgan fingerprint density at radius 3 is 2.44 bits per heavy atom. The fourth-order valence-electron chi connectivity index (χ4n) is 2.23. The van der Waals surface area contributed by atoms with Crippen molar-refractivity contribution in [1.29, 1.82) is 0 Å². The zero-order valence-corrected chi connectivity index (χ0v) is 16.0. The molecule has 2 amide bonds. The average Bonchev–Trinajstić information content (AvgIpc) is 2.61. The number of para-hydroxylation sites is 1. The maximum absolute atomic E-state index is 12.7. The second-order valence-corrected chi connectivity index (χ2v) is 8.12. The number of ether oxygens (including phenoxy) is 1. The number of nitrogens with one attached hydrogen (secondary N) is 1. The number of aryl methyl sites for hydroxylation is 1. The fraction of sp³-hybridized carbons (Fsp3) is 0.222. The van der Waals surface area contributed by atoms with Crippen LogP contribution in [0.5, 0.6) is 5.75 Å². The zero-order valence-electron chi connectivity index (χ0n) is 15.2. The summed E-state index contributed by atoms with van der Waals surface area (Å²) in [7, 11) is -0.776. The summed E-state index contributed by atoms with van der Waals surface area (Å²) in [5.74, 6) is -0.969. The van der Waals surface area contributed by atoms with Crippen LogP contribution < -0.4 is 15.8 Å². The van der Waals surface area contributed by atoms with Crippen LogP contribution in [-0.4, -0.2) is 45.2 Å². The number of hydrogen-bond donors (Lipinski definition) is 2. The zero-order chi connectivity index (χ0) is 20.2. The van der Waals surface area contributed by atoms with Crippen molar-refractivity contribution < 1.29 is 22.7 Å². The molecule has 0 saturated carbocycles. The molecule has 0 radical (unpaired) electrons. The van der Waals surface area contributed by atoms with E-state index in [-0.39, 0.29) is 22.8 Å². The van der Waals surface area contributed by atoms with E-state index in [4.69, 9.17) is 10.5 Å². The quantitative estimate of drug-likeness (QED) is 0.739. The molecular weight excluding hydrogens is 370 g/mol. The molecule has 2 aromatic carbocycles. The number of nitrogens with two attached hydrogens (primary N) is 1. The fourth-order valence-corrected chi connectivity index (χ4v) is 3.15. The van der Waals surface area contributed by atoms with Crippen LogP contribution in [0.15, 0.2) is 47.4 Å². The summed E-state index contributed by atoms with van der Waals surface area (Å²) >= 11 is 0. The molecule has 27 heavy (non-hydrogen) atoms. The Morgan fingerprint density at radius 1 is 1.15 bits per heavy atom. The third-order valence-electron chi connectivity index (χ3n) is 3.74. The second kappa shape index (κ2) is 8.19. The van der Waals surface area contributed by atoms with Crippen molar-refractivity contribution in [1.82, 2.24) is 4.31 Å². The lowest BCUT2D eigenvalue weighted by Crippen LogP contribution is -2.23. The lowest BCUT2D eigenvalue weighted by Gasteiger charge is -2.15. The highest BCUT2D eigenvalue weighted by Crippen LogP contribution is 2.24. The Hall–Kier alpha value is -2.91. The van der Waals surface area contributed by atoms with Crippen LogP contribution in [0.1, 0.15) is 15.9 Å². The minimum absolute atomic E-state index is 0.0617. The molecule has 2 aromatic rings. The van der Waals surface area contributed by atoms with Crippen LogP contribution in [0.2, 0.25) is 0 Å². The number of rotatable bonds is 7. The summed E-state index contributed by atoms with van der Waals surface area (Å²) in [4.78, 5) is 23.6. The van der Waals surface area contributed by atoms with Crippen LogP contribution in [0.4, 0.5) is 5.69 Å². The number of nitrogens with zero attached hydrogens (tertiary/aromatic N) is 1. The highest BCUT2D eigenvalue weighted by Gasteiger charge is 2.20. The molecule has 0 aromatic heterocycles. The van der Waals surface area contributed by atoms with Crippen LogP contribution >= 0.6 is 0 Å². The van der Waals surface area contributed by atoms with Gasteiger partial charge in [-0.3, -0.25) is 9.59 Å². The van der Waals surface area contributed by atoms with Crippen LogP contribution in [0, 0.1) is 6.92 Å². The lowest BCUT2D eigenvalue weighted by molar-refractivity contribution is -0.119. The molecule has 0 unspecified atom stereocenters. The third-order valence-corrected chi connectivity index (χ3v) is 5.55. The number of primary amides is 1. The predicted molar refractivity (Wildman–Crippen MR) is 101 cm³/mol. The van der Waals surface area contributed by atoms with Gasteiger partial charge in [-0.1, -0.05) is 18.2 Å². The number of amides is 2. The highest BCUT2D eigenvalue weighted by atomic mass is 32.2. The third kappa shape index (κ3) is 4.83. The molecule has 0 heterocycles. The largest absolute Gasteiger partial charge is 0.483 e. The molecule has 0 aliphatic heterocycles. The van der Waals surface area contributed by atoms with Crippen LogP contribution in [0.25, 0.3) is 0 Å². The van der Waals surface area contributed by atoms with E-state index in [0.717, 1.165) is 4.31 Å². The number of sulfonamides is 1. The maximum Gasteiger partial charge on any atom is 0.259 e. The molecule has 0 aliphatic rings. The van der Waals surface area contributed by atoms with Crippen LogP contribution in [-0.2, 0) is 14.8 Å². The first kappa shape index (κ1) is 20.4. The summed E-state index contributed by atoms with van der Waals surface area (Å²) in [6.45, 7) is 1.39. The number of carbonyl (C=O) groups is 2. The summed E-state index contributed by atoms with van der Waals surface area (Å²) in [6.07, 6.45) is 0. The van der Waals surface area contributed by atoms with Gasteiger partial charge < -0.3 is 15.8 Å². The molecule has 0 fully saturated rings. The van der Waals surface area contributed by atoms with Crippen LogP contribution in [0.3, 0.4) is 0 Å². The standard InChI is InChI=1S/C18H21N3O5S/c1-12-8-9-13(27(24,25)21(2)3)10-15(12)20-18(23)14-6-4-5-7-16(14)26-11-17(19)22/h4-10H,11H2,1-3H3,(H2,19,22)(H,20,23). The molecule has 0 saturated heterocycles. The normalized spacial score (nSPS) is 11.3. The molecule has 0 spiro atoms. The first-order chi connectivity index (χ1) is 12.6. The van der Waals surface area contributed by atoms with E-state index in [9.17, 15) is 18.0 Å². The van der Waals surface area contributed by atoms with Gasteiger partial charge in [-0.25, -0.2) is 12.7 Å². The Morgan fingerprint density at radius 2 is 1.81 bits per heavy atom. The van der Waals surface area contributed by atoms with Crippen molar-refractivity contribution in [3.8, 4) is 5.75 Å². The van der Waals surface area contributed by atoms with Gasteiger partial charge in [0, 0.05) is 19.8 Å². The summed E-state index contributed by atoms with van der Waals surface area (Å²) in [5, 5.41) is 2.69. The van der Waals surface area contributed by atoms with E-state index in [1.165, 1.54) is 38.4 Å². The van der Waals surface area contributed by atoms with Gasteiger partial charge in [0.25, 0.3) is 11.8 Å². The number of benzene rings is 2. The lowest BCUT2D eigenvalue weighted by atomic mass is 10.1. The Balaban J connectivity index is 2.33. The van der Waals surface area contributed by atoms with Gasteiger partial charge in [-0.05, 0) is 36.8 Å². The minimum atomic E-state index is -3.64. The summed E-state index contributed by atoms with van der Waals surface area (Å²) < 4.78 is 31.0. The Labute approximate surface area is 158 Å². The van der Waals surface area contributed by atoms with Gasteiger partial charge in [0.15, 0.2) is 6.61 Å². The van der Waals surface area contributed by atoms with Crippen molar-refractivity contribution in [2.24, 2.45) is 5.73 Å². The molecular formula is C18H21N3O5S. The smallest absolute Gasteiger partial charge is 0.259 e. The molecule has 144 valence electrons. The summed E-state index contributed by atoms with van der Waals surface area (Å²) in [6, 6.07) is 10.9. The first-order valence-corrected chi connectivity index (χ1v) is 9.41. The summed E-state index contributed by atoms with van der Waals surface area (Å²) in [5.41, 5.74) is 6.31. The van der Waals surface area contributed by atoms with Gasteiger partial charge in [0.2, 0.25) is 10.0 Å². The molecule has 2 rings (SSSR count). The van der Waals surface area contributed by atoms with Gasteiger partial charge in [0.05, 0.1) is 10.5 Å². The minimum Gasteiger partial charge on any atom is -0.483 e. The van der Waals surface area contributed by atoms with E-state index >= 15 is 0 Å². The van der Waals surface area contributed by atoms with Gasteiger partial charge in [-0.2, -0.15) is 0 Å². The Kier molecular flexibility index (Phi) is 6.19. The number of anilines is 1. The number of carbonyl (C=O) groups excluding carboxylic acids is 2. The maximum atomic E-state index is 12.7. The van der Waals surface area contributed by atoms with Crippen molar-refractivity contribution in [3.63, 3.8) is 0 Å².